The molecule has 0 N–H and O–H groups in total. The Balaban J connectivity index is 1.39. The van der Waals surface area contributed by atoms with Crippen LogP contribution in [0, 0.1) is 0 Å². The molecule has 0 fully saturated rings. The predicted octanol–water partition coefficient (Wildman–Crippen LogP) is 4.66. The SMILES string of the molecule is Clc1ccccc1-c1nnc(CSc2nnc(Cc3ccccc3)o2)o1. The Hall–Kier alpha value is -2.64. The minimum atomic E-state index is 0.390. The van der Waals surface area contributed by atoms with Gasteiger partial charge in [0.25, 0.3) is 5.22 Å². The summed E-state index contributed by atoms with van der Waals surface area (Å²) in [6.45, 7) is 0. The lowest BCUT2D eigenvalue weighted by Gasteiger charge is -1.96. The van der Waals surface area contributed by atoms with Crippen LogP contribution in [0.2, 0.25) is 5.02 Å². The first-order valence-corrected chi connectivity index (χ1v) is 9.20. The Morgan fingerprint density at radius 3 is 2.42 bits per heavy atom. The smallest absolute Gasteiger partial charge is 0.277 e. The molecule has 26 heavy (non-hydrogen) atoms. The first-order valence-electron chi connectivity index (χ1n) is 7.84. The number of hydrogen-bond donors (Lipinski definition) is 0. The van der Waals surface area contributed by atoms with Crippen LogP contribution in [0.4, 0.5) is 0 Å². The van der Waals surface area contributed by atoms with Crippen molar-refractivity contribution in [3.63, 3.8) is 0 Å². The zero-order valence-corrected chi connectivity index (χ0v) is 15.1. The van der Waals surface area contributed by atoms with Crippen molar-refractivity contribution in [1.82, 2.24) is 20.4 Å². The largest absolute Gasteiger partial charge is 0.420 e. The molecule has 0 bridgehead atoms. The van der Waals surface area contributed by atoms with Crippen LogP contribution < -0.4 is 0 Å². The molecule has 4 aromatic rings. The molecule has 0 saturated heterocycles. The summed E-state index contributed by atoms with van der Waals surface area (Å²) in [6.07, 6.45) is 0.603. The highest BCUT2D eigenvalue weighted by Crippen LogP contribution is 2.28. The van der Waals surface area contributed by atoms with Gasteiger partial charge in [-0.15, -0.1) is 20.4 Å². The number of rotatable bonds is 6. The van der Waals surface area contributed by atoms with Gasteiger partial charge in [0.1, 0.15) is 0 Å². The van der Waals surface area contributed by atoms with Crippen molar-refractivity contribution in [3.05, 3.63) is 77.0 Å². The first kappa shape index (κ1) is 16.8. The van der Waals surface area contributed by atoms with Crippen LogP contribution >= 0.6 is 23.4 Å². The molecular formula is C18H13ClN4O2S. The van der Waals surface area contributed by atoms with Gasteiger partial charge >= 0.3 is 0 Å². The monoisotopic (exact) mass is 384 g/mol. The lowest BCUT2D eigenvalue weighted by Crippen LogP contribution is -1.87. The maximum absolute atomic E-state index is 6.14. The Morgan fingerprint density at radius 2 is 1.58 bits per heavy atom. The zero-order chi connectivity index (χ0) is 17.8. The minimum absolute atomic E-state index is 0.390. The van der Waals surface area contributed by atoms with Crippen molar-refractivity contribution in [3.8, 4) is 11.5 Å². The molecule has 0 saturated carbocycles. The third-order valence-corrected chi connectivity index (χ3v) is 4.67. The molecule has 4 rings (SSSR count). The molecule has 130 valence electrons. The molecule has 0 aliphatic carbocycles. The number of aromatic nitrogens is 4. The Bertz CT molecular complexity index is 1000. The quantitative estimate of drug-likeness (QED) is 0.447. The first-order chi connectivity index (χ1) is 12.8. The third kappa shape index (κ3) is 3.95. The zero-order valence-electron chi connectivity index (χ0n) is 13.5. The Kier molecular flexibility index (Phi) is 4.99. The summed E-state index contributed by atoms with van der Waals surface area (Å²) < 4.78 is 11.3. The molecule has 2 heterocycles. The molecule has 0 atom stereocenters. The third-order valence-electron chi connectivity index (χ3n) is 3.54. The van der Waals surface area contributed by atoms with Gasteiger partial charge < -0.3 is 8.83 Å². The highest BCUT2D eigenvalue weighted by atomic mass is 35.5. The topological polar surface area (TPSA) is 77.8 Å². The van der Waals surface area contributed by atoms with E-state index in [0.717, 1.165) is 5.56 Å². The van der Waals surface area contributed by atoms with Crippen molar-refractivity contribution in [2.75, 3.05) is 0 Å². The van der Waals surface area contributed by atoms with Crippen LogP contribution in [0.25, 0.3) is 11.5 Å². The summed E-state index contributed by atoms with van der Waals surface area (Å²) in [4.78, 5) is 0. The molecule has 6 nitrogen and oxygen atoms in total. The lowest BCUT2D eigenvalue weighted by molar-refractivity contribution is 0.419. The van der Waals surface area contributed by atoms with E-state index in [1.54, 1.807) is 6.07 Å². The normalized spacial score (nSPS) is 11.0. The molecular weight excluding hydrogens is 372 g/mol. The van der Waals surface area contributed by atoms with Gasteiger partial charge in [-0.25, -0.2) is 0 Å². The molecule has 8 heteroatoms. The maximum atomic E-state index is 6.14. The number of benzene rings is 2. The summed E-state index contributed by atoms with van der Waals surface area (Å²) in [6, 6.07) is 17.3. The van der Waals surface area contributed by atoms with Crippen LogP contribution in [0.1, 0.15) is 17.3 Å². The van der Waals surface area contributed by atoms with E-state index in [2.05, 4.69) is 20.4 Å². The molecule has 0 aliphatic rings. The second-order valence-electron chi connectivity index (χ2n) is 5.39. The average molecular weight is 385 g/mol. The molecule has 0 radical (unpaired) electrons. The van der Waals surface area contributed by atoms with E-state index in [1.165, 1.54) is 11.8 Å². The van der Waals surface area contributed by atoms with E-state index in [4.69, 9.17) is 20.4 Å². The highest BCUT2D eigenvalue weighted by molar-refractivity contribution is 7.98. The van der Waals surface area contributed by atoms with E-state index in [0.29, 0.717) is 45.7 Å². The Morgan fingerprint density at radius 1 is 0.808 bits per heavy atom. The average Bonchev–Trinajstić information content (AvgIpc) is 3.31. The van der Waals surface area contributed by atoms with Crippen molar-refractivity contribution in [2.24, 2.45) is 0 Å². The van der Waals surface area contributed by atoms with Crippen molar-refractivity contribution in [1.29, 1.82) is 0 Å². The Labute approximate surface area is 158 Å². The van der Waals surface area contributed by atoms with Crippen molar-refractivity contribution < 1.29 is 8.83 Å². The highest BCUT2D eigenvalue weighted by Gasteiger charge is 2.13. The van der Waals surface area contributed by atoms with Gasteiger partial charge in [-0.3, -0.25) is 0 Å². The lowest BCUT2D eigenvalue weighted by atomic mass is 10.2. The number of thioether (sulfide) groups is 1. The van der Waals surface area contributed by atoms with Crippen LogP contribution in [-0.2, 0) is 12.2 Å². The van der Waals surface area contributed by atoms with Gasteiger partial charge in [0.2, 0.25) is 17.7 Å². The predicted molar refractivity (Wildman–Crippen MR) is 97.9 cm³/mol. The maximum Gasteiger partial charge on any atom is 0.277 e. The van der Waals surface area contributed by atoms with Gasteiger partial charge in [-0.1, -0.05) is 65.8 Å². The van der Waals surface area contributed by atoms with Gasteiger partial charge in [0.05, 0.1) is 22.8 Å². The van der Waals surface area contributed by atoms with Crippen molar-refractivity contribution in [2.45, 2.75) is 17.4 Å². The summed E-state index contributed by atoms with van der Waals surface area (Å²) >= 11 is 7.49. The molecule has 2 aromatic carbocycles. The standard InChI is InChI=1S/C18H13ClN4O2S/c19-14-9-5-4-8-13(14)17-22-21-16(24-17)11-26-18-23-20-15(25-18)10-12-6-2-1-3-7-12/h1-9H,10-11H2. The van der Waals surface area contributed by atoms with Crippen LogP contribution in [0.15, 0.2) is 68.7 Å². The number of halogens is 1. The fourth-order valence-electron chi connectivity index (χ4n) is 2.32. The summed E-state index contributed by atoms with van der Waals surface area (Å²) in [5.41, 5.74) is 1.83. The molecule has 0 spiro atoms. The fraction of sp³-hybridized carbons (Fsp3) is 0.111. The minimum Gasteiger partial charge on any atom is -0.420 e. The van der Waals surface area contributed by atoms with E-state index in [9.17, 15) is 0 Å². The molecule has 2 aromatic heterocycles. The summed E-state index contributed by atoms with van der Waals surface area (Å²) in [5.74, 6) is 1.86. The number of hydrogen-bond acceptors (Lipinski definition) is 7. The summed E-state index contributed by atoms with van der Waals surface area (Å²) in [5, 5.41) is 17.2. The van der Waals surface area contributed by atoms with Crippen LogP contribution in [0.3, 0.4) is 0 Å². The fourth-order valence-corrected chi connectivity index (χ4v) is 3.15. The number of nitrogens with zero attached hydrogens (tertiary/aromatic N) is 4. The second-order valence-corrected chi connectivity index (χ2v) is 6.73. The molecule has 0 amide bonds. The van der Waals surface area contributed by atoms with E-state index in [-0.39, 0.29) is 0 Å². The van der Waals surface area contributed by atoms with Gasteiger partial charge in [-0.05, 0) is 17.7 Å². The van der Waals surface area contributed by atoms with E-state index >= 15 is 0 Å². The van der Waals surface area contributed by atoms with Crippen LogP contribution in [0.5, 0.6) is 0 Å². The van der Waals surface area contributed by atoms with E-state index < -0.39 is 0 Å². The molecule has 0 aliphatic heterocycles. The molecule has 0 unspecified atom stereocenters. The van der Waals surface area contributed by atoms with Crippen molar-refractivity contribution >= 4 is 23.4 Å². The van der Waals surface area contributed by atoms with Gasteiger partial charge in [0.15, 0.2) is 0 Å². The van der Waals surface area contributed by atoms with Crippen LogP contribution in [-0.4, -0.2) is 20.4 Å². The summed E-state index contributed by atoms with van der Waals surface area (Å²) in [7, 11) is 0. The van der Waals surface area contributed by atoms with E-state index in [1.807, 2.05) is 48.5 Å². The van der Waals surface area contributed by atoms with Gasteiger partial charge in [0, 0.05) is 0 Å². The second kappa shape index (κ2) is 7.72. The van der Waals surface area contributed by atoms with Gasteiger partial charge in [-0.2, -0.15) is 0 Å².